The molecule has 0 aliphatic heterocycles. The Bertz CT molecular complexity index is 972. The number of aromatic nitrogens is 1. The first-order valence-corrected chi connectivity index (χ1v) is 11.4. The molecule has 1 saturated carbocycles. The number of carbonyl (C=O) groups is 1. The predicted octanol–water partition coefficient (Wildman–Crippen LogP) is 2.60. The summed E-state index contributed by atoms with van der Waals surface area (Å²) >= 11 is 0. The largest absolute Gasteiger partial charge is 0.357 e. The van der Waals surface area contributed by atoms with Gasteiger partial charge in [-0.05, 0) is 37.0 Å². The quantitative estimate of drug-likeness (QED) is 0.492. The topological polar surface area (TPSA) is 78.7 Å². The maximum Gasteiger partial charge on any atom is 0.250 e. The third-order valence-electron chi connectivity index (χ3n) is 6.05. The van der Waals surface area contributed by atoms with E-state index >= 15 is 0 Å². The maximum atomic E-state index is 12.8. The fourth-order valence-electron chi connectivity index (χ4n) is 4.30. The van der Waals surface area contributed by atoms with Gasteiger partial charge in [0.2, 0.25) is 5.91 Å². The molecule has 0 saturated heterocycles. The second kappa shape index (κ2) is 11.0. The monoisotopic (exact) mass is 437 g/mol. The highest BCUT2D eigenvalue weighted by molar-refractivity contribution is 5.85. The predicted molar refractivity (Wildman–Crippen MR) is 129 cm³/mol. The Balaban J connectivity index is 1.62. The van der Waals surface area contributed by atoms with E-state index in [1.54, 1.807) is 27.8 Å². The Morgan fingerprint density at radius 2 is 1.75 bits per heavy atom. The molecule has 0 radical (unpaired) electrons. The SMILES string of the molecule is CCNC(=NCc1ccc(Cn2ccccc2=O)cc1)NCC1(C(=O)N(C)C)CCCC1. The summed E-state index contributed by atoms with van der Waals surface area (Å²) in [7, 11) is 3.67. The lowest BCUT2D eigenvalue weighted by molar-refractivity contribution is -0.138. The van der Waals surface area contributed by atoms with Gasteiger partial charge >= 0.3 is 0 Å². The Labute approximate surface area is 190 Å². The van der Waals surface area contributed by atoms with Crippen LogP contribution in [0.5, 0.6) is 0 Å². The third-order valence-corrected chi connectivity index (χ3v) is 6.05. The van der Waals surface area contributed by atoms with E-state index < -0.39 is 0 Å². The van der Waals surface area contributed by atoms with Crippen molar-refractivity contribution in [2.45, 2.75) is 45.7 Å². The third kappa shape index (κ3) is 5.99. The number of amides is 1. The lowest BCUT2D eigenvalue weighted by Gasteiger charge is -2.31. The fourth-order valence-corrected chi connectivity index (χ4v) is 4.30. The number of guanidine groups is 1. The Hall–Kier alpha value is -3.09. The van der Waals surface area contributed by atoms with Crippen LogP contribution < -0.4 is 16.2 Å². The molecule has 0 spiro atoms. The average Bonchev–Trinajstić information content (AvgIpc) is 3.27. The molecule has 1 aliphatic carbocycles. The summed E-state index contributed by atoms with van der Waals surface area (Å²) in [5, 5.41) is 6.70. The van der Waals surface area contributed by atoms with E-state index in [1.807, 2.05) is 51.4 Å². The Morgan fingerprint density at radius 1 is 1.06 bits per heavy atom. The number of benzene rings is 1. The van der Waals surface area contributed by atoms with Crippen LogP contribution in [0.25, 0.3) is 0 Å². The lowest BCUT2D eigenvalue weighted by atomic mass is 9.84. The van der Waals surface area contributed by atoms with Gasteiger partial charge in [-0.2, -0.15) is 0 Å². The van der Waals surface area contributed by atoms with Crippen LogP contribution in [-0.2, 0) is 17.9 Å². The number of nitrogens with one attached hydrogen (secondary N) is 2. The van der Waals surface area contributed by atoms with E-state index in [1.165, 1.54) is 0 Å². The zero-order chi connectivity index (χ0) is 23.0. The van der Waals surface area contributed by atoms with E-state index in [0.717, 1.165) is 49.3 Å². The van der Waals surface area contributed by atoms with Gasteiger partial charge in [-0.1, -0.05) is 43.2 Å². The molecule has 0 unspecified atom stereocenters. The molecule has 172 valence electrons. The van der Waals surface area contributed by atoms with Crippen LogP contribution >= 0.6 is 0 Å². The van der Waals surface area contributed by atoms with Gasteiger partial charge < -0.3 is 20.1 Å². The Morgan fingerprint density at radius 3 is 2.38 bits per heavy atom. The summed E-state index contributed by atoms with van der Waals surface area (Å²) in [5.41, 5.74) is 1.82. The van der Waals surface area contributed by atoms with E-state index in [9.17, 15) is 9.59 Å². The highest BCUT2D eigenvalue weighted by Crippen LogP contribution is 2.38. The second-order valence-corrected chi connectivity index (χ2v) is 8.72. The second-order valence-electron chi connectivity index (χ2n) is 8.72. The summed E-state index contributed by atoms with van der Waals surface area (Å²) in [4.78, 5) is 31.1. The van der Waals surface area contributed by atoms with Gasteiger partial charge in [0.15, 0.2) is 5.96 Å². The van der Waals surface area contributed by atoms with Gasteiger partial charge in [0.05, 0.1) is 18.5 Å². The summed E-state index contributed by atoms with van der Waals surface area (Å²) in [6.07, 6.45) is 5.82. The van der Waals surface area contributed by atoms with Crippen LogP contribution in [0.15, 0.2) is 58.4 Å². The van der Waals surface area contributed by atoms with Crippen molar-refractivity contribution in [1.29, 1.82) is 0 Å². The minimum absolute atomic E-state index is 0.00434. The normalized spacial score (nSPS) is 15.4. The molecule has 1 heterocycles. The molecule has 0 atom stereocenters. The maximum absolute atomic E-state index is 12.8. The zero-order valence-electron chi connectivity index (χ0n) is 19.4. The first-order valence-electron chi connectivity index (χ1n) is 11.4. The molecule has 3 rings (SSSR count). The molecule has 1 fully saturated rings. The van der Waals surface area contributed by atoms with Gasteiger partial charge in [0, 0.05) is 39.4 Å². The van der Waals surface area contributed by atoms with Crippen LogP contribution in [0.4, 0.5) is 0 Å². The smallest absolute Gasteiger partial charge is 0.250 e. The molecule has 2 N–H and O–H groups in total. The van der Waals surface area contributed by atoms with Crippen molar-refractivity contribution >= 4 is 11.9 Å². The minimum Gasteiger partial charge on any atom is -0.357 e. The number of hydrogen-bond donors (Lipinski definition) is 2. The van der Waals surface area contributed by atoms with Crippen LogP contribution in [0.1, 0.15) is 43.7 Å². The molecular weight excluding hydrogens is 402 g/mol. The zero-order valence-corrected chi connectivity index (χ0v) is 19.4. The van der Waals surface area contributed by atoms with Gasteiger partial charge in [-0.25, -0.2) is 4.99 Å². The first kappa shape index (κ1) is 23.6. The first-order chi connectivity index (χ1) is 15.4. The van der Waals surface area contributed by atoms with Crippen LogP contribution in [0, 0.1) is 5.41 Å². The molecule has 1 amide bonds. The average molecular weight is 438 g/mol. The van der Waals surface area contributed by atoms with Gasteiger partial charge in [0.1, 0.15) is 0 Å². The number of rotatable bonds is 8. The Kier molecular flexibility index (Phi) is 8.09. The van der Waals surface area contributed by atoms with Gasteiger partial charge in [-0.15, -0.1) is 0 Å². The van der Waals surface area contributed by atoms with Crippen LogP contribution in [0.2, 0.25) is 0 Å². The number of carbonyl (C=O) groups excluding carboxylic acids is 1. The number of nitrogens with zero attached hydrogens (tertiary/aromatic N) is 3. The van der Waals surface area contributed by atoms with Crippen LogP contribution in [-0.4, -0.2) is 48.5 Å². The number of pyridine rings is 1. The molecule has 7 heteroatoms. The van der Waals surface area contributed by atoms with Gasteiger partial charge in [0.25, 0.3) is 5.56 Å². The van der Waals surface area contributed by atoms with Crippen molar-refractivity contribution in [1.82, 2.24) is 20.1 Å². The molecule has 1 aliphatic rings. The molecule has 0 bridgehead atoms. The van der Waals surface area contributed by atoms with Crippen molar-refractivity contribution in [3.05, 3.63) is 70.1 Å². The van der Waals surface area contributed by atoms with E-state index in [2.05, 4.69) is 10.6 Å². The minimum atomic E-state index is -0.336. The molecule has 1 aromatic carbocycles. The van der Waals surface area contributed by atoms with Gasteiger partial charge in [-0.3, -0.25) is 9.59 Å². The number of hydrogen-bond acceptors (Lipinski definition) is 3. The summed E-state index contributed by atoms with van der Waals surface area (Å²) < 4.78 is 1.69. The van der Waals surface area contributed by atoms with Crippen molar-refractivity contribution < 1.29 is 4.79 Å². The summed E-state index contributed by atoms with van der Waals surface area (Å²) in [5.74, 6) is 0.928. The highest BCUT2D eigenvalue weighted by atomic mass is 16.2. The summed E-state index contributed by atoms with van der Waals surface area (Å²) in [6, 6.07) is 13.3. The lowest BCUT2D eigenvalue weighted by Crippen LogP contribution is -2.49. The van der Waals surface area contributed by atoms with E-state index in [-0.39, 0.29) is 16.9 Å². The van der Waals surface area contributed by atoms with E-state index in [4.69, 9.17) is 4.99 Å². The van der Waals surface area contributed by atoms with Crippen LogP contribution in [0.3, 0.4) is 0 Å². The number of aliphatic imine (C=N–C) groups is 1. The van der Waals surface area contributed by atoms with Crippen molar-refractivity contribution in [2.75, 3.05) is 27.2 Å². The fraction of sp³-hybridized carbons (Fsp3) is 0.480. The summed E-state index contributed by atoms with van der Waals surface area (Å²) in [6.45, 7) is 4.48. The van der Waals surface area contributed by atoms with E-state index in [0.29, 0.717) is 19.6 Å². The highest BCUT2D eigenvalue weighted by Gasteiger charge is 2.42. The van der Waals surface area contributed by atoms with Crippen molar-refractivity contribution in [2.24, 2.45) is 10.4 Å². The molecular formula is C25H35N5O2. The molecule has 7 nitrogen and oxygen atoms in total. The standard InChI is InChI=1S/C25H35N5O2/c1-4-26-24(28-19-25(14-6-7-15-25)23(32)29(2)3)27-17-20-10-12-21(13-11-20)18-30-16-8-5-9-22(30)31/h5,8-13,16H,4,6-7,14-15,17-19H2,1-3H3,(H2,26,27,28). The molecule has 2 aromatic rings. The molecule has 32 heavy (non-hydrogen) atoms. The van der Waals surface area contributed by atoms with Crippen molar-refractivity contribution in [3.8, 4) is 0 Å². The van der Waals surface area contributed by atoms with Crippen molar-refractivity contribution in [3.63, 3.8) is 0 Å². The molecule has 1 aromatic heterocycles.